The van der Waals surface area contributed by atoms with Gasteiger partial charge in [-0.15, -0.1) is 0 Å². The van der Waals surface area contributed by atoms with Gasteiger partial charge in [0.05, 0.1) is 12.8 Å². The van der Waals surface area contributed by atoms with Crippen LogP contribution in [-0.2, 0) is 11.2 Å². The number of methoxy groups -OCH3 is 1. The third-order valence-corrected chi connectivity index (χ3v) is 2.84. The van der Waals surface area contributed by atoms with Crippen molar-refractivity contribution in [3.63, 3.8) is 0 Å². The minimum Gasteiger partial charge on any atom is -0.496 e. The minimum atomic E-state index is 0.0276. The highest BCUT2D eigenvalue weighted by Crippen LogP contribution is 2.25. The molecule has 0 spiro atoms. The molecule has 0 amide bonds. The van der Waals surface area contributed by atoms with Crippen molar-refractivity contribution < 1.29 is 9.53 Å². The lowest BCUT2D eigenvalue weighted by Crippen LogP contribution is -2.16. The Kier molecular flexibility index (Phi) is 4.49. The summed E-state index contributed by atoms with van der Waals surface area (Å²) in [4.78, 5) is 16.3. The topological polar surface area (TPSA) is 39.2 Å². The van der Waals surface area contributed by atoms with E-state index in [0.717, 1.165) is 22.6 Å². The van der Waals surface area contributed by atoms with Crippen molar-refractivity contribution in [1.29, 1.82) is 0 Å². The fourth-order valence-electron chi connectivity index (χ4n) is 2.09. The molecule has 0 N–H and O–H groups in total. The van der Waals surface area contributed by atoms with Gasteiger partial charge in [0.15, 0.2) is 0 Å². The predicted molar refractivity (Wildman–Crippen MR) is 73.0 cm³/mol. The number of Topliss-reactive ketones (excluding diaryl/α,β-unsaturated/α-hetero) is 1. The Labute approximate surface area is 110 Å². The highest BCUT2D eigenvalue weighted by molar-refractivity contribution is 5.81. The number of nitrogens with zero attached hydrogens (tertiary/aromatic N) is 1. The number of ether oxygens (including phenoxy) is 1. The van der Waals surface area contributed by atoms with E-state index in [9.17, 15) is 4.79 Å². The monoisotopic (exact) mass is 249 g/mol. The Morgan fingerprint density at radius 2 is 1.94 bits per heavy atom. The fourth-order valence-corrected chi connectivity index (χ4v) is 2.09. The first-order valence-electron chi connectivity index (χ1n) is 6.25. The van der Waals surface area contributed by atoms with Crippen LogP contribution >= 0.6 is 0 Å². The molecule has 0 aliphatic rings. The van der Waals surface area contributed by atoms with Crippen LogP contribution in [0.4, 0.5) is 0 Å². The molecule has 1 rings (SSSR count). The Balaban J connectivity index is 2.89. The number of rotatable bonds is 4. The summed E-state index contributed by atoms with van der Waals surface area (Å²) in [5, 5.41) is 0. The lowest BCUT2D eigenvalue weighted by molar-refractivity contribution is -0.120. The third-order valence-electron chi connectivity index (χ3n) is 2.84. The first kappa shape index (κ1) is 14.7. The Morgan fingerprint density at radius 3 is 2.44 bits per heavy atom. The van der Waals surface area contributed by atoms with Crippen molar-refractivity contribution in [3.8, 4) is 5.75 Å². The first-order valence-corrected chi connectivity index (χ1v) is 6.25. The summed E-state index contributed by atoms with van der Waals surface area (Å²) < 4.78 is 5.35. The summed E-state index contributed by atoms with van der Waals surface area (Å²) in [6.45, 7) is 10.1. The van der Waals surface area contributed by atoms with Gasteiger partial charge in [-0.05, 0) is 19.3 Å². The van der Waals surface area contributed by atoms with Gasteiger partial charge < -0.3 is 4.74 Å². The number of aromatic nitrogens is 1. The summed E-state index contributed by atoms with van der Waals surface area (Å²) in [5.74, 6) is 1.06. The van der Waals surface area contributed by atoms with Crippen LogP contribution in [0.15, 0.2) is 6.20 Å². The number of hydrogen-bond donors (Lipinski definition) is 0. The maximum Gasteiger partial charge on any atom is 0.139 e. The van der Waals surface area contributed by atoms with Crippen molar-refractivity contribution in [3.05, 3.63) is 23.0 Å². The highest BCUT2D eigenvalue weighted by atomic mass is 16.5. The summed E-state index contributed by atoms with van der Waals surface area (Å²) in [7, 11) is 1.65. The van der Waals surface area contributed by atoms with Crippen LogP contribution < -0.4 is 4.74 Å². The van der Waals surface area contributed by atoms with Crippen LogP contribution in [0.2, 0.25) is 0 Å². The zero-order valence-electron chi connectivity index (χ0n) is 12.3. The molecule has 0 atom stereocenters. The average molecular weight is 249 g/mol. The van der Waals surface area contributed by atoms with Crippen molar-refractivity contribution in [2.45, 2.75) is 47.5 Å². The molecular formula is C15H23NO2. The molecule has 18 heavy (non-hydrogen) atoms. The zero-order valence-corrected chi connectivity index (χ0v) is 12.3. The Morgan fingerprint density at radius 1 is 1.33 bits per heavy atom. The van der Waals surface area contributed by atoms with Gasteiger partial charge in [0.25, 0.3) is 0 Å². The molecule has 0 fully saturated rings. The predicted octanol–water partition coefficient (Wildman–Crippen LogP) is 3.25. The van der Waals surface area contributed by atoms with Crippen molar-refractivity contribution in [1.82, 2.24) is 4.98 Å². The van der Waals surface area contributed by atoms with Crippen molar-refractivity contribution >= 4 is 5.78 Å². The van der Waals surface area contributed by atoms with E-state index >= 15 is 0 Å². The number of carbonyl (C=O) groups excluding carboxylic acids is 1. The van der Waals surface area contributed by atoms with Gasteiger partial charge in [-0.1, -0.05) is 20.8 Å². The molecular weight excluding hydrogens is 226 g/mol. The second-order valence-corrected chi connectivity index (χ2v) is 6.00. The van der Waals surface area contributed by atoms with Gasteiger partial charge in [0.1, 0.15) is 11.5 Å². The molecule has 1 aromatic rings. The average Bonchev–Trinajstić information content (AvgIpc) is 2.20. The number of carbonyl (C=O) groups is 1. The number of pyridine rings is 1. The van der Waals surface area contributed by atoms with E-state index in [1.165, 1.54) is 0 Å². The highest BCUT2D eigenvalue weighted by Gasteiger charge is 2.18. The standard InChI is InChI=1S/C15H23NO2/c1-10-9-16-13(11(2)14(10)18-6)7-12(17)8-15(3,4)5/h9H,7-8H2,1-6H3. The van der Waals surface area contributed by atoms with E-state index in [4.69, 9.17) is 4.74 Å². The number of ketones is 1. The van der Waals surface area contributed by atoms with E-state index in [1.54, 1.807) is 13.3 Å². The van der Waals surface area contributed by atoms with Crippen LogP contribution in [-0.4, -0.2) is 17.9 Å². The van der Waals surface area contributed by atoms with Crippen LogP contribution in [0, 0.1) is 19.3 Å². The molecule has 0 unspecified atom stereocenters. The van der Waals surface area contributed by atoms with Crippen LogP contribution in [0.5, 0.6) is 5.75 Å². The first-order chi connectivity index (χ1) is 8.24. The number of aryl methyl sites for hydroxylation is 1. The summed E-state index contributed by atoms with van der Waals surface area (Å²) in [5.41, 5.74) is 2.83. The normalized spacial score (nSPS) is 11.4. The Hall–Kier alpha value is -1.38. The molecule has 1 aromatic heterocycles. The molecule has 0 aromatic carbocycles. The maximum absolute atomic E-state index is 12.0. The Bertz CT molecular complexity index is 445. The molecule has 100 valence electrons. The summed E-state index contributed by atoms with van der Waals surface area (Å²) >= 11 is 0. The molecule has 0 aliphatic heterocycles. The molecule has 0 saturated carbocycles. The SMILES string of the molecule is COc1c(C)cnc(CC(=O)CC(C)(C)C)c1C. The molecule has 1 heterocycles. The van der Waals surface area contributed by atoms with Gasteiger partial charge in [-0.3, -0.25) is 9.78 Å². The van der Waals surface area contributed by atoms with E-state index in [2.05, 4.69) is 25.8 Å². The van der Waals surface area contributed by atoms with Crippen LogP contribution in [0.3, 0.4) is 0 Å². The van der Waals surface area contributed by atoms with E-state index in [1.807, 2.05) is 13.8 Å². The van der Waals surface area contributed by atoms with E-state index < -0.39 is 0 Å². The van der Waals surface area contributed by atoms with Gasteiger partial charge >= 0.3 is 0 Å². The fraction of sp³-hybridized carbons (Fsp3) is 0.600. The van der Waals surface area contributed by atoms with Crippen LogP contribution in [0.1, 0.15) is 44.0 Å². The molecule has 3 heteroatoms. The van der Waals surface area contributed by atoms with E-state index in [0.29, 0.717) is 12.8 Å². The second-order valence-electron chi connectivity index (χ2n) is 6.00. The van der Waals surface area contributed by atoms with Gasteiger partial charge in [-0.2, -0.15) is 0 Å². The summed E-state index contributed by atoms with van der Waals surface area (Å²) in [6, 6.07) is 0. The van der Waals surface area contributed by atoms with Crippen molar-refractivity contribution in [2.75, 3.05) is 7.11 Å². The molecule has 0 aliphatic carbocycles. The largest absolute Gasteiger partial charge is 0.496 e. The number of hydrogen-bond acceptors (Lipinski definition) is 3. The molecule has 3 nitrogen and oxygen atoms in total. The van der Waals surface area contributed by atoms with Gasteiger partial charge in [0.2, 0.25) is 0 Å². The lowest BCUT2D eigenvalue weighted by Gasteiger charge is -2.17. The van der Waals surface area contributed by atoms with Crippen molar-refractivity contribution in [2.24, 2.45) is 5.41 Å². The summed E-state index contributed by atoms with van der Waals surface area (Å²) in [6.07, 6.45) is 2.73. The second kappa shape index (κ2) is 5.51. The van der Waals surface area contributed by atoms with Gasteiger partial charge in [0, 0.05) is 30.2 Å². The smallest absolute Gasteiger partial charge is 0.139 e. The van der Waals surface area contributed by atoms with E-state index in [-0.39, 0.29) is 11.2 Å². The molecule has 0 radical (unpaired) electrons. The maximum atomic E-state index is 12.0. The molecule has 0 saturated heterocycles. The molecule has 0 bridgehead atoms. The minimum absolute atomic E-state index is 0.0276. The lowest BCUT2D eigenvalue weighted by atomic mass is 9.88. The third kappa shape index (κ3) is 3.83. The zero-order chi connectivity index (χ0) is 13.9. The quantitative estimate of drug-likeness (QED) is 0.822. The van der Waals surface area contributed by atoms with Gasteiger partial charge in [-0.25, -0.2) is 0 Å². The van der Waals surface area contributed by atoms with Crippen LogP contribution in [0.25, 0.3) is 0 Å².